The number of hydrazine groups is 1. The van der Waals surface area contributed by atoms with E-state index in [1.165, 1.54) is 29.8 Å². The van der Waals surface area contributed by atoms with Gasteiger partial charge in [-0.05, 0) is 43.2 Å². The summed E-state index contributed by atoms with van der Waals surface area (Å²) in [5.74, 6) is -1.20. The first kappa shape index (κ1) is 19.6. The molecule has 1 unspecified atom stereocenters. The van der Waals surface area contributed by atoms with E-state index in [-0.39, 0.29) is 17.5 Å². The Labute approximate surface area is 153 Å². The van der Waals surface area contributed by atoms with Crippen LogP contribution in [0.1, 0.15) is 35.3 Å². The number of hydrogen-bond donors (Lipinski definition) is 3. The van der Waals surface area contributed by atoms with Gasteiger partial charge in [0, 0.05) is 11.1 Å². The lowest BCUT2D eigenvalue weighted by molar-refractivity contribution is -0.908. The van der Waals surface area contributed by atoms with Gasteiger partial charge in [-0.1, -0.05) is 31.2 Å². The molecule has 26 heavy (non-hydrogen) atoms. The Bertz CT molecular complexity index is 745. The van der Waals surface area contributed by atoms with E-state index in [2.05, 4.69) is 42.0 Å². The van der Waals surface area contributed by atoms with E-state index < -0.39 is 11.7 Å². The number of amides is 2. The first-order valence-corrected chi connectivity index (χ1v) is 8.66. The third-order valence-corrected chi connectivity index (χ3v) is 4.45. The van der Waals surface area contributed by atoms with Crippen molar-refractivity contribution in [2.45, 2.75) is 32.9 Å². The second-order valence-electron chi connectivity index (χ2n) is 6.37. The Kier molecular flexibility index (Phi) is 6.86. The maximum absolute atomic E-state index is 12.9. The molecule has 0 spiro atoms. The van der Waals surface area contributed by atoms with Crippen molar-refractivity contribution in [1.29, 1.82) is 0 Å². The summed E-state index contributed by atoms with van der Waals surface area (Å²) in [4.78, 5) is 25.2. The summed E-state index contributed by atoms with van der Waals surface area (Å²) in [6.07, 6.45) is 0.996. The van der Waals surface area contributed by atoms with Crippen molar-refractivity contribution in [3.63, 3.8) is 0 Å². The third kappa shape index (κ3) is 5.39. The average Bonchev–Trinajstić information content (AvgIpc) is 2.66. The number of halogens is 1. The van der Waals surface area contributed by atoms with Gasteiger partial charge in [0.05, 0.1) is 7.05 Å². The van der Waals surface area contributed by atoms with Crippen LogP contribution in [0, 0.1) is 5.82 Å². The summed E-state index contributed by atoms with van der Waals surface area (Å²) in [5, 5.41) is 0. The van der Waals surface area contributed by atoms with Gasteiger partial charge < -0.3 is 4.90 Å². The summed E-state index contributed by atoms with van der Waals surface area (Å²) in [6, 6.07) is 13.1. The Morgan fingerprint density at radius 1 is 1.00 bits per heavy atom. The molecule has 0 aliphatic heterocycles. The molecule has 2 aromatic rings. The van der Waals surface area contributed by atoms with E-state index in [0.29, 0.717) is 6.54 Å². The molecule has 2 rings (SSSR count). The zero-order valence-electron chi connectivity index (χ0n) is 15.3. The first-order chi connectivity index (χ1) is 12.4. The highest BCUT2D eigenvalue weighted by Gasteiger charge is 2.22. The van der Waals surface area contributed by atoms with Crippen LogP contribution < -0.4 is 15.8 Å². The number of carbonyl (C=O) groups is 2. The van der Waals surface area contributed by atoms with Gasteiger partial charge in [0.2, 0.25) is 0 Å². The van der Waals surface area contributed by atoms with Gasteiger partial charge in [0.15, 0.2) is 6.04 Å². The van der Waals surface area contributed by atoms with Gasteiger partial charge in [0.1, 0.15) is 12.4 Å². The minimum Gasteiger partial charge on any atom is -0.324 e. The predicted octanol–water partition coefficient (Wildman–Crippen LogP) is 1.25. The van der Waals surface area contributed by atoms with Gasteiger partial charge in [-0.15, -0.1) is 0 Å². The zero-order valence-corrected chi connectivity index (χ0v) is 15.3. The SMILES string of the molecule is CCc1ccc(C[NH+](C)[C@H](C)C(=O)NNC(=O)c2ccc(F)cc2)cc1. The third-order valence-electron chi connectivity index (χ3n) is 4.45. The molecule has 0 fully saturated rings. The number of hydrogen-bond acceptors (Lipinski definition) is 2. The lowest BCUT2D eigenvalue weighted by Crippen LogP contribution is -3.12. The van der Waals surface area contributed by atoms with E-state index in [9.17, 15) is 14.0 Å². The zero-order chi connectivity index (χ0) is 19.1. The molecular weight excluding hydrogens is 333 g/mol. The van der Waals surface area contributed by atoms with Crippen LogP contribution in [0.3, 0.4) is 0 Å². The number of nitrogens with one attached hydrogen (secondary N) is 3. The lowest BCUT2D eigenvalue weighted by Gasteiger charge is -2.21. The van der Waals surface area contributed by atoms with Crippen molar-refractivity contribution in [2.75, 3.05) is 7.05 Å². The van der Waals surface area contributed by atoms with Crippen LogP contribution in [0.25, 0.3) is 0 Å². The second kappa shape index (κ2) is 9.10. The maximum atomic E-state index is 12.9. The topological polar surface area (TPSA) is 62.6 Å². The molecule has 6 heteroatoms. The van der Waals surface area contributed by atoms with Gasteiger partial charge in [-0.3, -0.25) is 20.4 Å². The van der Waals surface area contributed by atoms with Crippen LogP contribution >= 0.6 is 0 Å². The Morgan fingerprint density at radius 3 is 2.15 bits per heavy atom. The van der Waals surface area contributed by atoms with E-state index in [1.807, 2.05) is 7.05 Å². The standard InChI is InChI=1S/C20H24FN3O2/c1-4-15-5-7-16(8-6-15)13-24(3)14(2)19(25)22-23-20(26)17-9-11-18(21)12-10-17/h5-12,14H,4,13H2,1-3H3,(H,22,25)(H,23,26)/p+1/t14-/m1/s1. The molecule has 2 atom stereocenters. The Hall–Kier alpha value is -2.73. The predicted molar refractivity (Wildman–Crippen MR) is 97.9 cm³/mol. The van der Waals surface area contributed by atoms with Crippen LogP contribution in [0.5, 0.6) is 0 Å². The lowest BCUT2D eigenvalue weighted by atomic mass is 10.1. The fourth-order valence-electron chi connectivity index (χ4n) is 2.49. The van der Waals surface area contributed by atoms with E-state index >= 15 is 0 Å². The quantitative estimate of drug-likeness (QED) is 0.681. The van der Waals surface area contributed by atoms with Crippen molar-refractivity contribution in [3.8, 4) is 0 Å². The molecule has 0 saturated carbocycles. The van der Waals surface area contributed by atoms with E-state index in [0.717, 1.165) is 16.9 Å². The number of likely N-dealkylation sites (N-methyl/N-ethyl adjacent to an activating group) is 1. The van der Waals surface area contributed by atoms with Crippen LogP contribution in [0.4, 0.5) is 4.39 Å². The summed E-state index contributed by atoms with van der Waals surface area (Å²) in [7, 11) is 1.93. The van der Waals surface area contributed by atoms with E-state index in [1.54, 1.807) is 6.92 Å². The van der Waals surface area contributed by atoms with Crippen molar-refractivity contribution in [1.82, 2.24) is 10.9 Å². The average molecular weight is 358 g/mol. The normalized spacial score (nSPS) is 12.9. The summed E-state index contributed by atoms with van der Waals surface area (Å²) in [5.41, 5.74) is 7.49. The second-order valence-corrected chi connectivity index (χ2v) is 6.37. The summed E-state index contributed by atoms with van der Waals surface area (Å²) >= 11 is 0. The van der Waals surface area contributed by atoms with Crippen LogP contribution in [0.15, 0.2) is 48.5 Å². The highest BCUT2D eigenvalue weighted by molar-refractivity contribution is 5.95. The fraction of sp³-hybridized carbons (Fsp3) is 0.300. The molecular formula is C20H25FN3O2+. The van der Waals surface area contributed by atoms with Crippen molar-refractivity contribution in [2.24, 2.45) is 0 Å². The molecule has 0 radical (unpaired) electrons. The highest BCUT2D eigenvalue weighted by atomic mass is 19.1. The molecule has 0 saturated heterocycles. The number of aryl methyl sites for hydroxylation is 1. The molecule has 0 aliphatic carbocycles. The fourth-order valence-corrected chi connectivity index (χ4v) is 2.49. The molecule has 2 aromatic carbocycles. The molecule has 0 aliphatic rings. The summed E-state index contributed by atoms with van der Waals surface area (Å²) in [6.45, 7) is 4.61. The molecule has 0 heterocycles. The highest BCUT2D eigenvalue weighted by Crippen LogP contribution is 2.04. The minimum absolute atomic E-state index is 0.274. The molecule has 5 nitrogen and oxygen atoms in total. The molecule has 0 bridgehead atoms. The van der Waals surface area contributed by atoms with Crippen LogP contribution in [-0.4, -0.2) is 24.9 Å². The van der Waals surface area contributed by atoms with Crippen molar-refractivity contribution < 1.29 is 18.9 Å². The number of benzene rings is 2. The molecule has 0 aromatic heterocycles. The summed E-state index contributed by atoms with van der Waals surface area (Å²) < 4.78 is 12.9. The van der Waals surface area contributed by atoms with Gasteiger partial charge in [-0.2, -0.15) is 0 Å². The van der Waals surface area contributed by atoms with Crippen molar-refractivity contribution in [3.05, 3.63) is 71.0 Å². The van der Waals surface area contributed by atoms with Gasteiger partial charge >= 0.3 is 0 Å². The Morgan fingerprint density at radius 2 is 1.58 bits per heavy atom. The van der Waals surface area contributed by atoms with Gasteiger partial charge in [-0.25, -0.2) is 4.39 Å². The number of quaternary nitrogens is 1. The smallest absolute Gasteiger partial charge is 0.296 e. The van der Waals surface area contributed by atoms with E-state index in [4.69, 9.17) is 0 Å². The minimum atomic E-state index is -0.488. The van der Waals surface area contributed by atoms with Crippen LogP contribution in [-0.2, 0) is 17.8 Å². The van der Waals surface area contributed by atoms with Crippen LogP contribution in [0.2, 0.25) is 0 Å². The molecule has 3 N–H and O–H groups in total. The maximum Gasteiger partial charge on any atom is 0.296 e. The largest absolute Gasteiger partial charge is 0.324 e. The molecule has 2 amide bonds. The number of carbonyl (C=O) groups excluding carboxylic acids is 2. The molecule has 138 valence electrons. The first-order valence-electron chi connectivity index (χ1n) is 8.66. The Balaban J connectivity index is 1.85. The van der Waals surface area contributed by atoms with Gasteiger partial charge in [0.25, 0.3) is 11.8 Å². The monoisotopic (exact) mass is 358 g/mol. The van der Waals surface area contributed by atoms with Crippen molar-refractivity contribution >= 4 is 11.8 Å². The number of rotatable bonds is 6.